The Kier molecular flexibility index (Phi) is 41.8. The molecule has 0 radical (unpaired) electrons. The van der Waals surface area contributed by atoms with Crippen molar-refractivity contribution in [3.63, 3.8) is 0 Å². The molecule has 1 unspecified atom stereocenters. The Labute approximate surface area is 370 Å². The zero-order valence-electron chi connectivity index (χ0n) is 38.2. The van der Waals surface area contributed by atoms with E-state index in [2.05, 4.69) is 67.0 Å². The van der Waals surface area contributed by atoms with Gasteiger partial charge in [-0.05, 0) is 51.4 Å². The Bertz CT molecular complexity index is 1260. The third-order valence-electron chi connectivity index (χ3n) is 10.0. The quantitative estimate of drug-likeness (QED) is 0.0230. The first-order chi connectivity index (χ1) is 29.6. The summed E-state index contributed by atoms with van der Waals surface area (Å²) in [5.41, 5.74) is 5.34. The number of phosphoric ester groups is 1. The van der Waals surface area contributed by atoms with E-state index in [1.165, 1.54) is 103 Å². The summed E-state index contributed by atoms with van der Waals surface area (Å²) in [6.45, 7) is 2.65. The Morgan fingerprint density at radius 2 is 0.918 bits per heavy atom. The van der Waals surface area contributed by atoms with Gasteiger partial charge in [-0.2, -0.15) is 0 Å². The summed E-state index contributed by atoms with van der Waals surface area (Å²) in [4.78, 5) is 46.1. The first-order valence-electron chi connectivity index (χ1n) is 23.8. The van der Waals surface area contributed by atoms with Gasteiger partial charge in [0.25, 0.3) is 0 Å². The van der Waals surface area contributed by atoms with Gasteiger partial charge in [-0.15, -0.1) is 0 Å². The molecule has 352 valence electrons. The molecule has 0 rings (SSSR count). The van der Waals surface area contributed by atoms with Crippen LogP contribution in [0.4, 0.5) is 0 Å². The molecule has 0 aromatic heterocycles. The van der Waals surface area contributed by atoms with Gasteiger partial charge in [0.1, 0.15) is 12.6 Å². The van der Waals surface area contributed by atoms with Crippen molar-refractivity contribution in [2.45, 2.75) is 212 Å². The van der Waals surface area contributed by atoms with Crippen molar-refractivity contribution in [1.29, 1.82) is 0 Å². The topological polar surface area (TPSA) is 172 Å². The zero-order chi connectivity index (χ0) is 44.9. The molecule has 12 heteroatoms. The average molecular weight is 880 g/mol. The number of unbranched alkanes of at least 4 members (excludes halogenated alkanes) is 20. The minimum absolute atomic E-state index is 0.143. The monoisotopic (exact) mass is 880 g/mol. The van der Waals surface area contributed by atoms with Gasteiger partial charge in [-0.1, -0.05) is 197 Å². The molecule has 0 aliphatic carbocycles. The Balaban J connectivity index is 4.36. The van der Waals surface area contributed by atoms with Crippen LogP contribution >= 0.6 is 7.82 Å². The molecule has 3 atom stereocenters. The summed E-state index contributed by atoms with van der Waals surface area (Å²) >= 11 is 0. The van der Waals surface area contributed by atoms with Crippen LogP contribution in [-0.2, 0) is 37.5 Å². The van der Waals surface area contributed by atoms with E-state index in [0.717, 1.165) is 51.4 Å². The van der Waals surface area contributed by atoms with Crippen molar-refractivity contribution < 1.29 is 47.5 Å². The van der Waals surface area contributed by atoms with Crippen LogP contribution in [0.3, 0.4) is 0 Å². The third kappa shape index (κ3) is 43.6. The highest BCUT2D eigenvalue weighted by Crippen LogP contribution is 2.43. The number of carboxylic acids is 1. The highest BCUT2D eigenvalue weighted by molar-refractivity contribution is 7.47. The van der Waals surface area contributed by atoms with Crippen LogP contribution in [-0.4, -0.2) is 59.9 Å². The Morgan fingerprint density at radius 3 is 1.36 bits per heavy atom. The first kappa shape index (κ1) is 58.2. The van der Waals surface area contributed by atoms with E-state index < -0.39 is 51.1 Å². The van der Waals surface area contributed by atoms with Crippen molar-refractivity contribution >= 4 is 25.7 Å². The van der Waals surface area contributed by atoms with Crippen molar-refractivity contribution in [2.24, 2.45) is 5.73 Å². The molecule has 0 amide bonds. The van der Waals surface area contributed by atoms with Crippen LogP contribution in [0.5, 0.6) is 0 Å². The molecule has 0 saturated carbocycles. The Hall–Kier alpha value is -2.82. The van der Waals surface area contributed by atoms with Crippen molar-refractivity contribution in [3.8, 4) is 0 Å². The highest BCUT2D eigenvalue weighted by atomic mass is 31.2. The summed E-state index contributed by atoms with van der Waals surface area (Å²) in [5, 5.41) is 8.91. The standard InChI is InChI=1S/C49H86NO10P/c1-3-5-7-9-11-13-15-17-19-21-22-23-25-27-29-31-33-35-37-39-41-48(52)60-45(43-58-61(55,56)59-44-46(50)49(53)54)42-57-47(51)40-38-36-34-32-30-28-26-24-20-18-16-14-12-10-8-6-4-2/h6,8,12,14,18,20,26,28,32,34,45-46H,3-5,7,9-11,13,15-17,19,21-25,27,29-31,33,35-44,50H2,1-2H3,(H,53,54)(H,55,56)/b8-6+,14-12+,20-18+,28-26+,34-32+/t45-,46+/m1/s1. The predicted molar refractivity (Wildman–Crippen MR) is 249 cm³/mol. The SMILES string of the molecule is CC/C=C/C/C=C/C/C=C/C/C=C/C/C=C/CCCC(=O)OC[C@H](COP(=O)(O)OC[C@H](N)C(=O)O)OC(=O)CCCCCCCCCCCCCCCCCCCCCC. The molecule has 0 bridgehead atoms. The minimum atomic E-state index is -4.73. The fraction of sp³-hybridized carbons (Fsp3) is 0.735. The fourth-order valence-electron chi connectivity index (χ4n) is 6.34. The number of phosphoric acid groups is 1. The van der Waals surface area contributed by atoms with E-state index in [9.17, 15) is 23.8 Å². The molecule has 4 N–H and O–H groups in total. The molecule has 0 fully saturated rings. The predicted octanol–water partition coefficient (Wildman–Crippen LogP) is 13.1. The molecule has 0 aliphatic rings. The van der Waals surface area contributed by atoms with Crippen molar-refractivity contribution in [3.05, 3.63) is 60.8 Å². The molecular weight excluding hydrogens is 794 g/mol. The summed E-state index contributed by atoms with van der Waals surface area (Å²) in [7, 11) is -4.73. The van der Waals surface area contributed by atoms with Gasteiger partial charge < -0.3 is 25.2 Å². The van der Waals surface area contributed by atoms with Gasteiger partial charge in [0.05, 0.1) is 13.2 Å². The van der Waals surface area contributed by atoms with Crippen molar-refractivity contribution in [2.75, 3.05) is 19.8 Å². The van der Waals surface area contributed by atoms with Crippen LogP contribution in [0.25, 0.3) is 0 Å². The lowest BCUT2D eigenvalue weighted by Crippen LogP contribution is -2.34. The van der Waals surface area contributed by atoms with E-state index >= 15 is 0 Å². The molecule has 0 aromatic rings. The largest absolute Gasteiger partial charge is 0.480 e. The number of nitrogens with two attached hydrogens (primary N) is 1. The van der Waals surface area contributed by atoms with Crippen LogP contribution in [0.15, 0.2) is 60.8 Å². The number of carbonyl (C=O) groups excluding carboxylic acids is 2. The normalized spacial score (nSPS) is 14.2. The van der Waals surface area contributed by atoms with Gasteiger partial charge in [0, 0.05) is 12.8 Å². The number of rotatable bonds is 44. The van der Waals surface area contributed by atoms with Gasteiger partial charge in [0.2, 0.25) is 0 Å². The van der Waals surface area contributed by atoms with Crippen molar-refractivity contribution in [1.82, 2.24) is 0 Å². The molecule has 0 aromatic carbocycles. The zero-order valence-corrected chi connectivity index (χ0v) is 39.1. The third-order valence-corrected chi connectivity index (χ3v) is 11.0. The van der Waals surface area contributed by atoms with E-state index in [0.29, 0.717) is 19.3 Å². The van der Waals surface area contributed by atoms with Crippen LogP contribution in [0, 0.1) is 0 Å². The number of carbonyl (C=O) groups is 3. The van der Waals surface area contributed by atoms with Gasteiger partial charge in [0.15, 0.2) is 6.10 Å². The maximum Gasteiger partial charge on any atom is 0.472 e. The second kappa shape index (κ2) is 43.8. The molecule has 61 heavy (non-hydrogen) atoms. The maximum atomic E-state index is 12.7. The molecule has 0 spiro atoms. The van der Waals surface area contributed by atoms with Gasteiger partial charge in [-0.25, -0.2) is 4.57 Å². The number of carboxylic acid groups (broad SMARTS) is 1. The second-order valence-electron chi connectivity index (χ2n) is 15.9. The maximum absolute atomic E-state index is 12.7. The lowest BCUT2D eigenvalue weighted by atomic mass is 10.0. The van der Waals surface area contributed by atoms with Gasteiger partial charge >= 0.3 is 25.7 Å². The minimum Gasteiger partial charge on any atom is -0.480 e. The summed E-state index contributed by atoms with van der Waals surface area (Å²) < 4.78 is 32.7. The van der Waals surface area contributed by atoms with E-state index in [4.69, 9.17) is 24.8 Å². The number of ether oxygens (including phenoxy) is 2. The fourth-order valence-corrected chi connectivity index (χ4v) is 7.11. The molecule has 0 heterocycles. The number of hydrogen-bond donors (Lipinski definition) is 3. The Morgan fingerprint density at radius 1 is 0.525 bits per heavy atom. The first-order valence-corrected chi connectivity index (χ1v) is 25.3. The van der Waals surface area contributed by atoms with Crippen LogP contribution in [0.2, 0.25) is 0 Å². The summed E-state index contributed by atoms with van der Waals surface area (Å²) in [5.74, 6) is -2.45. The van der Waals surface area contributed by atoms with Crippen LogP contribution < -0.4 is 5.73 Å². The molecular formula is C49H86NO10P. The smallest absolute Gasteiger partial charge is 0.472 e. The summed E-state index contributed by atoms with van der Waals surface area (Å²) in [6, 6.07) is -1.53. The molecule has 0 saturated heterocycles. The number of aliphatic carboxylic acids is 1. The highest BCUT2D eigenvalue weighted by Gasteiger charge is 2.28. The van der Waals surface area contributed by atoms with Gasteiger partial charge in [-0.3, -0.25) is 23.4 Å². The van der Waals surface area contributed by atoms with E-state index in [-0.39, 0.29) is 19.4 Å². The average Bonchev–Trinajstić information content (AvgIpc) is 3.24. The number of hydrogen-bond acceptors (Lipinski definition) is 9. The lowest BCUT2D eigenvalue weighted by Gasteiger charge is -2.20. The van der Waals surface area contributed by atoms with E-state index in [1.807, 2.05) is 12.2 Å². The second-order valence-corrected chi connectivity index (χ2v) is 17.3. The molecule has 0 aliphatic heterocycles. The number of allylic oxidation sites excluding steroid dienone is 10. The lowest BCUT2D eigenvalue weighted by molar-refractivity contribution is -0.161. The van der Waals surface area contributed by atoms with E-state index in [1.54, 1.807) is 0 Å². The molecule has 11 nitrogen and oxygen atoms in total. The number of esters is 2. The van der Waals surface area contributed by atoms with Crippen LogP contribution in [0.1, 0.15) is 200 Å². The summed E-state index contributed by atoms with van der Waals surface area (Å²) in [6.07, 6.45) is 51.5.